The summed E-state index contributed by atoms with van der Waals surface area (Å²) in [4.78, 5) is 29.2. The van der Waals surface area contributed by atoms with Gasteiger partial charge in [-0.15, -0.1) is 0 Å². The highest BCUT2D eigenvalue weighted by atomic mass is 16.5. The molecule has 1 N–H and O–H groups in total. The van der Waals surface area contributed by atoms with E-state index in [-0.39, 0.29) is 17.8 Å². The van der Waals surface area contributed by atoms with E-state index >= 15 is 0 Å². The number of morpholine rings is 1. The van der Waals surface area contributed by atoms with Crippen LogP contribution in [0.4, 0.5) is 5.95 Å². The van der Waals surface area contributed by atoms with E-state index in [0.717, 1.165) is 49.6 Å². The predicted octanol–water partition coefficient (Wildman–Crippen LogP) is 1.34. The molecule has 26 heavy (non-hydrogen) atoms. The maximum atomic E-state index is 12.6. The minimum Gasteiger partial charge on any atom is -0.372 e. The zero-order valence-corrected chi connectivity index (χ0v) is 15.3. The second-order valence-corrected chi connectivity index (χ2v) is 7.26. The number of H-pyrrole nitrogens is 1. The summed E-state index contributed by atoms with van der Waals surface area (Å²) in [5.74, 6) is 0.662. The van der Waals surface area contributed by atoms with Crippen molar-refractivity contribution in [3.63, 3.8) is 0 Å². The summed E-state index contributed by atoms with van der Waals surface area (Å²) >= 11 is 0. The van der Waals surface area contributed by atoms with Crippen LogP contribution in [0.5, 0.6) is 0 Å². The molecule has 0 aliphatic carbocycles. The van der Waals surface area contributed by atoms with Crippen LogP contribution < -0.4 is 10.5 Å². The van der Waals surface area contributed by atoms with Crippen molar-refractivity contribution in [1.29, 1.82) is 0 Å². The third-order valence-corrected chi connectivity index (χ3v) is 4.97. The molecular weight excluding hydrogens is 330 g/mol. The van der Waals surface area contributed by atoms with Gasteiger partial charge in [0, 0.05) is 44.5 Å². The molecule has 2 aliphatic rings. The van der Waals surface area contributed by atoms with Crippen molar-refractivity contribution in [2.24, 2.45) is 0 Å². The number of nitrogens with zero attached hydrogens (tertiary/aromatic N) is 4. The monoisotopic (exact) mass is 355 g/mol. The van der Waals surface area contributed by atoms with Gasteiger partial charge >= 0.3 is 0 Å². The van der Waals surface area contributed by atoms with Crippen LogP contribution in [0.1, 0.15) is 30.8 Å². The van der Waals surface area contributed by atoms with Crippen LogP contribution in [0.2, 0.25) is 0 Å². The Hall–Kier alpha value is -2.25. The van der Waals surface area contributed by atoms with Crippen LogP contribution in [0, 0.1) is 0 Å². The van der Waals surface area contributed by atoms with E-state index in [1.807, 2.05) is 38.2 Å². The van der Waals surface area contributed by atoms with Crippen molar-refractivity contribution in [3.05, 3.63) is 51.7 Å². The molecule has 0 unspecified atom stereocenters. The maximum absolute atomic E-state index is 12.6. The fourth-order valence-corrected chi connectivity index (χ4v) is 3.84. The lowest BCUT2D eigenvalue weighted by Gasteiger charge is -2.36. The van der Waals surface area contributed by atoms with Crippen molar-refractivity contribution in [2.75, 3.05) is 24.5 Å². The van der Waals surface area contributed by atoms with E-state index in [1.165, 1.54) is 0 Å². The van der Waals surface area contributed by atoms with Gasteiger partial charge in [0.1, 0.15) is 0 Å². The summed E-state index contributed by atoms with van der Waals surface area (Å²) in [7, 11) is 0. The van der Waals surface area contributed by atoms with Gasteiger partial charge in [-0.25, -0.2) is 4.98 Å². The molecule has 7 heteroatoms. The predicted molar refractivity (Wildman–Crippen MR) is 99.1 cm³/mol. The Morgan fingerprint density at radius 2 is 2.08 bits per heavy atom. The molecular formula is C19H25N5O2. The van der Waals surface area contributed by atoms with Crippen LogP contribution in [0.15, 0.2) is 29.2 Å². The van der Waals surface area contributed by atoms with Gasteiger partial charge in [-0.2, -0.15) is 0 Å². The fraction of sp³-hybridized carbons (Fsp3) is 0.526. The molecule has 0 saturated carbocycles. The Balaban J connectivity index is 1.55. The Labute approximate surface area is 153 Å². The topological polar surface area (TPSA) is 74.4 Å². The third-order valence-electron chi connectivity index (χ3n) is 4.97. The highest BCUT2D eigenvalue weighted by Crippen LogP contribution is 2.20. The number of hydrogen-bond donors (Lipinski definition) is 1. The van der Waals surface area contributed by atoms with Gasteiger partial charge in [-0.3, -0.25) is 19.7 Å². The minimum atomic E-state index is -0.00529. The summed E-state index contributed by atoms with van der Waals surface area (Å²) in [6.45, 7) is 7.88. The number of hydrogen-bond acceptors (Lipinski definition) is 6. The number of aromatic amines is 1. The van der Waals surface area contributed by atoms with Crippen molar-refractivity contribution in [2.45, 2.75) is 45.6 Å². The Kier molecular flexibility index (Phi) is 4.74. The molecule has 0 aromatic carbocycles. The lowest BCUT2D eigenvalue weighted by Crippen LogP contribution is -2.47. The number of pyridine rings is 1. The maximum Gasteiger partial charge on any atom is 0.255 e. The van der Waals surface area contributed by atoms with Crippen LogP contribution in [0.3, 0.4) is 0 Å². The first-order valence-electron chi connectivity index (χ1n) is 9.23. The quantitative estimate of drug-likeness (QED) is 0.896. The molecule has 1 fully saturated rings. The third kappa shape index (κ3) is 3.64. The number of anilines is 1. The van der Waals surface area contributed by atoms with Gasteiger partial charge in [0.2, 0.25) is 5.95 Å². The van der Waals surface area contributed by atoms with E-state index < -0.39 is 0 Å². The molecule has 0 spiro atoms. The normalized spacial score (nSPS) is 23.7. The summed E-state index contributed by atoms with van der Waals surface area (Å²) < 4.78 is 5.79. The average molecular weight is 355 g/mol. The minimum absolute atomic E-state index is 0.00529. The molecule has 2 aromatic heterocycles. The number of fused-ring (bicyclic) bond motifs is 1. The first-order chi connectivity index (χ1) is 12.6. The van der Waals surface area contributed by atoms with E-state index in [1.54, 1.807) is 0 Å². The van der Waals surface area contributed by atoms with Crippen molar-refractivity contribution in [3.8, 4) is 0 Å². The smallest absolute Gasteiger partial charge is 0.255 e. The number of ether oxygens (including phenoxy) is 1. The van der Waals surface area contributed by atoms with Crippen LogP contribution >= 0.6 is 0 Å². The second-order valence-electron chi connectivity index (χ2n) is 7.26. The Morgan fingerprint density at radius 1 is 1.27 bits per heavy atom. The van der Waals surface area contributed by atoms with Gasteiger partial charge < -0.3 is 9.64 Å². The molecule has 0 amide bonds. The summed E-state index contributed by atoms with van der Waals surface area (Å²) in [6, 6.07) is 5.96. The molecule has 0 radical (unpaired) electrons. The van der Waals surface area contributed by atoms with Crippen LogP contribution in [-0.4, -0.2) is 51.7 Å². The first-order valence-corrected chi connectivity index (χ1v) is 9.23. The van der Waals surface area contributed by atoms with Crippen LogP contribution in [0.25, 0.3) is 0 Å². The van der Waals surface area contributed by atoms with Crippen molar-refractivity contribution < 1.29 is 4.74 Å². The van der Waals surface area contributed by atoms with Gasteiger partial charge in [-0.05, 0) is 32.4 Å². The zero-order chi connectivity index (χ0) is 18.1. The molecule has 2 atom stereocenters. The van der Waals surface area contributed by atoms with Gasteiger partial charge in [0.15, 0.2) is 0 Å². The molecule has 0 bridgehead atoms. The van der Waals surface area contributed by atoms with Crippen molar-refractivity contribution >= 4 is 5.95 Å². The highest BCUT2D eigenvalue weighted by molar-refractivity contribution is 5.35. The molecule has 2 aliphatic heterocycles. The molecule has 4 heterocycles. The molecule has 138 valence electrons. The fourth-order valence-electron chi connectivity index (χ4n) is 3.84. The van der Waals surface area contributed by atoms with E-state index in [0.29, 0.717) is 12.5 Å². The standard InChI is InChI=1S/C19H25N5O2/c1-13-9-24(10-14(2)26-13)19-21-17-12-23(8-6-16(17)18(25)22-19)11-15-5-3-4-7-20-15/h3-5,7,13-14H,6,8-12H2,1-2H3,(H,21,22,25)/t13-,14-/m0/s1. The SMILES string of the molecule is C[C@H]1CN(c2nc3c(c(=O)[nH]2)CCN(Cc2ccccn2)C3)C[C@H](C)O1. The summed E-state index contributed by atoms with van der Waals surface area (Å²) in [6.07, 6.45) is 2.79. The zero-order valence-electron chi connectivity index (χ0n) is 15.3. The van der Waals surface area contributed by atoms with Crippen molar-refractivity contribution in [1.82, 2.24) is 19.9 Å². The Bertz CT molecular complexity index is 812. The number of rotatable bonds is 3. The average Bonchev–Trinajstić information content (AvgIpc) is 2.61. The molecule has 1 saturated heterocycles. The summed E-state index contributed by atoms with van der Waals surface area (Å²) in [5, 5.41) is 0. The lowest BCUT2D eigenvalue weighted by atomic mass is 10.1. The Morgan fingerprint density at radius 3 is 2.81 bits per heavy atom. The molecule has 2 aromatic rings. The van der Waals surface area contributed by atoms with E-state index in [9.17, 15) is 4.79 Å². The number of aromatic nitrogens is 3. The van der Waals surface area contributed by atoms with Gasteiger partial charge in [0.05, 0.1) is 23.6 Å². The lowest BCUT2D eigenvalue weighted by molar-refractivity contribution is -0.00576. The largest absolute Gasteiger partial charge is 0.372 e. The van der Waals surface area contributed by atoms with E-state index in [4.69, 9.17) is 9.72 Å². The number of nitrogens with one attached hydrogen (secondary N) is 1. The molecule has 7 nitrogen and oxygen atoms in total. The first kappa shape index (κ1) is 17.2. The van der Waals surface area contributed by atoms with Gasteiger partial charge in [0.25, 0.3) is 5.56 Å². The summed E-state index contributed by atoms with van der Waals surface area (Å²) in [5.41, 5.74) is 2.74. The second kappa shape index (κ2) is 7.17. The van der Waals surface area contributed by atoms with E-state index in [2.05, 4.69) is 19.8 Å². The highest BCUT2D eigenvalue weighted by Gasteiger charge is 2.27. The van der Waals surface area contributed by atoms with Gasteiger partial charge in [-0.1, -0.05) is 6.07 Å². The molecule has 4 rings (SSSR count). The van der Waals surface area contributed by atoms with Crippen LogP contribution in [-0.2, 0) is 24.2 Å².